The van der Waals surface area contributed by atoms with Crippen LogP contribution in [0.25, 0.3) is 6.08 Å². The van der Waals surface area contributed by atoms with Gasteiger partial charge in [-0.3, -0.25) is 0 Å². The first-order chi connectivity index (χ1) is 12.7. The minimum atomic E-state index is -4.92. The molecule has 0 amide bonds. The Labute approximate surface area is 186 Å². The number of carbonyl (C=O) groups excluding carboxylic acids is 1. The fourth-order valence-electron chi connectivity index (χ4n) is 2.61. The van der Waals surface area contributed by atoms with E-state index in [9.17, 15) is 23.1 Å². The molecule has 9 heteroatoms. The average molecular weight is 421 g/mol. The zero-order valence-electron chi connectivity index (χ0n) is 15.0. The summed E-state index contributed by atoms with van der Waals surface area (Å²) in [4.78, 5) is 11.0. The van der Waals surface area contributed by atoms with Crippen molar-refractivity contribution < 1.29 is 62.1 Å². The van der Waals surface area contributed by atoms with Gasteiger partial charge in [0.25, 0.3) is 0 Å². The largest absolute Gasteiger partial charge is 1.00 e. The smallest absolute Gasteiger partial charge is 0.545 e. The number of benzene rings is 2. The molecule has 0 N–H and O–H groups in total. The second-order valence-corrected chi connectivity index (χ2v) is 6.25. The average Bonchev–Trinajstić information content (AvgIpc) is 2.61. The Balaban J connectivity index is 0.00000280. The van der Waals surface area contributed by atoms with Crippen molar-refractivity contribution in [2.75, 3.05) is 0 Å². The van der Waals surface area contributed by atoms with Crippen LogP contribution in [-0.4, -0.2) is 18.2 Å². The third-order valence-corrected chi connectivity index (χ3v) is 4.29. The van der Waals surface area contributed by atoms with Gasteiger partial charge in [-0.05, 0) is 36.3 Å². The van der Waals surface area contributed by atoms with Gasteiger partial charge in [-0.1, -0.05) is 30.7 Å². The minimum Gasteiger partial charge on any atom is -0.545 e. The molecule has 28 heavy (non-hydrogen) atoms. The van der Waals surface area contributed by atoms with Crippen LogP contribution in [0.1, 0.15) is 18.1 Å². The Morgan fingerprint density at radius 1 is 1.25 bits per heavy atom. The van der Waals surface area contributed by atoms with Gasteiger partial charge in [0, 0.05) is 17.2 Å². The summed E-state index contributed by atoms with van der Waals surface area (Å²) >= 11 is 6.13. The standard InChI is InChI=1S/C19H14ClF3O4.Na/c1-2-10-3-5-12(6-4-10)26-16-9-15-11(8-14(16)20)7-13(18(24)25)17(27-15)19(21,22)23;/h3-9,17H,2H2,1H3,(H,24,25);/q;+1/p-1. The van der Waals surface area contributed by atoms with Crippen LogP contribution in [0, 0.1) is 0 Å². The predicted molar refractivity (Wildman–Crippen MR) is 90.8 cm³/mol. The number of rotatable bonds is 4. The maximum absolute atomic E-state index is 13.1. The minimum absolute atomic E-state index is 0. The van der Waals surface area contributed by atoms with E-state index in [2.05, 4.69) is 0 Å². The zero-order valence-corrected chi connectivity index (χ0v) is 17.7. The predicted octanol–water partition coefficient (Wildman–Crippen LogP) is 1.16. The molecule has 0 spiro atoms. The number of hydrogen-bond donors (Lipinski definition) is 0. The summed E-state index contributed by atoms with van der Waals surface area (Å²) in [5.74, 6) is -1.61. The Kier molecular flexibility index (Phi) is 7.09. The number of carboxylic acid groups (broad SMARTS) is 1. The van der Waals surface area contributed by atoms with Gasteiger partial charge in [-0.15, -0.1) is 0 Å². The number of alkyl halides is 3. The van der Waals surface area contributed by atoms with E-state index in [1.54, 1.807) is 12.1 Å². The van der Waals surface area contributed by atoms with Crippen molar-refractivity contribution in [1.82, 2.24) is 0 Å². The first kappa shape index (κ1) is 22.6. The van der Waals surface area contributed by atoms with Crippen molar-refractivity contribution in [3.8, 4) is 17.2 Å². The molecule has 0 fully saturated rings. The second kappa shape index (κ2) is 8.78. The molecule has 1 unspecified atom stereocenters. The van der Waals surface area contributed by atoms with E-state index < -0.39 is 23.8 Å². The SMILES string of the molecule is CCc1ccc(Oc2cc3c(cc2Cl)C=C(C(=O)[O-])C(C(F)(F)F)O3)cc1.[Na+]. The molecule has 4 nitrogen and oxygen atoms in total. The van der Waals surface area contributed by atoms with Gasteiger partial charge < -0.3 is 19.4 Å². The summed E-state index contributed by atoms with van der Waals surface area (Å²) in [6, 6.07) is 9.61. The molecule has 2 aromatic carbocycles. The molecule has 0 bridgehead atoms. The van der Waals surface area contributed by atoms with E-state index in [0.29, 0.717) is 5.75 Å². The van der Waals surface area contributed by atoms with E-state index in [0.717, 1.165) is 18.1 Å². The number of fused-ring (bicyclic) bond motifs is 1. The Morgan fingerprint density at radius 2 is 1.89 bits per heavy atom. The Bertz CT molecular complexity index is 911. The van der Waals surface area contributed by atoms with Crippen LogP contribution in [-0.2, 0) is 11.2 Å². The molecule has 1 atom stereocenters. The van der Waals surface area contributed by atoms with Crippen molar-refractivity contribution in [3.63, 3.8) is 0 Å². The van der Waals surface area contributed by atoms with Gasteiger partial charge in [0.05, 0.1) is 11.0 Å². The summed E-state index contributed by atoms with van der Waals surface area (Å²) in [7, 11) is 0. The van der Waals surface area contributed by atoms with Gasteiger partial charge in [0.15, 0.2) is 0 Å². The van der Waals surface area contributed by atoms with Crippen molar-refractivity contribution in [2.24, 2.45) is 0 Å². The molecule has 1 aliphatic heterocycles. The van der Waals surface area contributed by atoms with Gasteiger partial charge in [0.2, 0.25) is 6.10 Å². The summed E-state index contributed by atoms with van der Waals surface area (Å²) in [5.41, 5.74) is 0.165. The second-order valence-electron chi connectivity index (χ2n) is 5.85. The van der Waals surface area contributed by atoms with E-state index >= 15 is 0 Å². The summed E-state index contributed by atoms with van der Waals surface area (Å²) in [6.07, 6.45) is -5.86. The topological polar surface area (TPSA) is 58.6 Å². The molecule has 2 aromatic rings. The number of aliphatic carboxylic acids is 1. The van der Waals surface area contributed by atoms with Gasteiger partial charge >= 0.3 is 35.7 Å². The molecule has 0 aromatic heterocycles. The maximum atomic E-state index is 13.1. The fraction of sp³-hybridized carbons (Fsp3) is 0.211. The molecular weight excluding hydrogens is 408 g/mol. The molecule has 3 rings (SSSR count). The molecule has 1 aliphatic rings. The van der Waals surface area contributed by atoms with E-state index in [1.807, 2.05) is 19.1 Å². The number of carboxylic acids is 1. The Hall–Kier alpha value is -1.67. The number of hydrogen-bond acceptors (Lipinski definition) is 4. The zero-order chi connectivity index (χ0) is 19.8. The van der Waals surface area contributed by atoms with E-state index in [4.69, 9.17) is 21.1 Å². The van der Waals surface area contributed by atoms with Crippen LogP contribution >= 0.6 is 11.6 Å². The number of carbonyl (C=O) groups is 1. The van der Waals surface area contributed by atoms with Gasteiger partial charge in [0.1, 0.15) is 17.2 Å². The normalized spacial score (nSPS) is 15.6. The fourth-order valence-corrected chi connectivity index (χ4v) is 2.82. The summed E-state index contributed by atoms with van der Waals surface area (Å²) in [5, 5.41) is 11.1. The quantitative estimate of drug-likeness (QED) is 0.697. The van der Waals surface area contributed by atoms with Crippen molar-refractivity contribution in [1.29, 1.82) is 0 Å². The maximum Gasteiger partial charge on any atom is 1.00 e. The summed E-state index contributed by atoms with van der Waals surface area (Å²) in [6.45, 7) is 2.00. The van der Waals surface area contributed by atoms with Gasteiger partial charge in [-0.25, -0.2) is 0 Å². The van der Waals surface area contributed by atoms with E-state index in [-0.39, 0.29) is 51.6 Å². The van der Waals surface area contributed by atoms with Crippen LogP contribution in [0.2, 0.25) is 5.02 Å². The van der Waals surface area contributed by atoms with Crippen molar-refractivity contribution >= 4 is 23.6 Å². The molecule has 0 saturated heterocycles. The van der Waals surface area contributed by atoms with Crippen LogP contribution in [0.3, 0.4) is 0 Å². The Morgan fingerprint density at radius 3 is 2.43 bits per heavy atom. The molecule has 0 aliphatic carbocycles. The summed E-state index contributed by atoms with van der Waals surface area (Å²) < 4.78 is 49.9. The van der Waals surface area contributed by atoms with Crippen LogP contribution in [0.15, 0.2) is 42.0 Å². The monoisotopic (exact) mass is 420 g/mol. The molecule has 142 valence electrons. The van der Waals surface area contributed by atoms with Crippen LogP contribution < -0.4 is 44.1 Å². The van der Waals surface area contributed by atoms with Crippen LogP contribution in [0.5, 0.6) is 17.2 Å². The molecule has 0 radical (unpaired) electrons. The molecule has 1 heterocycles. The number of aryl methyl sites for hydroxylation is 1. The van der Waals surface area contributed by atoms with Gasteiger partial charge in [-0.2, -0.15) is 13.2 Å². The third-order valence-electron chi connectivity index (χ3n) is 4.00. The van der Waals surface area contributed by atoms with E-state index in [1.165, 1.54) is 12.1 Å². The number of ether oxygens (including phenoxy) is 2. The number of halogens is 4. The molecule has 0 saturated carbocycles. The molecular formula is C19H13ClF3NaO4. The first-order valence-electron chi connectivity index (χ1n) is 7.95. The van der Waals surface area contributed by atoms with Crippen molar-refractivity contribution in [2.45, 2.75) is 25.6 Å². The van der Waals surface area contributed by atoms with Crippen LogP contribution in [0.4, 0.5) is 13.2 Å². The van der Waals surface area contributed by atoms with Crippen molar-refractivity contribution in [3.05, 3.63) is 58.1 Å². The third kappa shape index (κ3) is 4.84. The first-order valence-corrected chi connectivity index (χ1v) is 8.33.